The fraction of sp³-hybridized carbons (Fsp3) is 0.417. The summed E-state index contributed by atoms with van der Waals surface area (Å²) in [5, 5.41) is 7.07. The van der Waals surface area contributed by atoms with E-state index in [9.17, 15) is 4.79 Å². The first kappa shape index (κ1) is 12.3. The Labute approximate surface area is 105 Å². The van der Waals surface area contributed by atoms with Gasteiger partial charge in [0.1, 0.15) is 0 Å². The van der Waals surface area contributed by atoms with Crippen molar-refractivity contribution in [1.29, 1.82) is 0 Å². The second kappa shape index (κ2) is 4.64. The highest BCUT2D eigenvalue weighted by atomic mass is 16.5. The van der Waals surface area contributed by atoms with Gasteiger partial charge in [0.25, 0.3) is 0 Å². The fourth-order valence-corrected chi connectivity index (χ4v) is 1.88. The van der Waals surface area contributed by atoms with Crippen molar-refractivity contribution >= 4 is 11.6 Å². The highest BCUT2D eigenvalue weighted by Gasteiger charge is 2.16. The Bertz CT molecular complexity index is 604. The van der Waals surface area contributed by atoms with Crippen LogP contribution >= 0.6 is 0 Å². The van der Waals surface area contributed by atoms with Crippen molar-refractivity contribution in [1.82, 2.24) is 19.9 Å². The van der Waals surface area contributed by atoms with Crippen molar-refractivity contribution < 1.29 is 9.53 Å². The topological polar surface area (TPSA) is 68.5 Å². The van der Waals surface area contributed by atoms with Gasteiger partial charge in [-0.3, -0.25) is 4.79 Å². The van der Waals surface area contributed by atoms with E-state index in [1.807, 2.05) is 19.9 Å². The molecule has 0 aliphatic heterocycles. The molecule has 0 aliphatic carbocycles. The molecule has 0 aromatic carbocycles. The number of fused-ring (bicyclic) bond motifs is 1. The minimum absolute atomic E-state index is 0.0965. The number of carbonyl (C=O) groups excluding carboxylic acids is 1. The van der Waals surface area contributed by atoms with Crippen molar-refractivity contribution in [2.24, 2.45) is 0 Å². The number of ether oxygens (including phenoxy) is 1. The lowest BCUT2D eigenvalue weighted by molar-refractivity contribution is -0.119. The minimum Gasteiger partial charge on any atom is -0.480 e. The van der Waals surface area contributed by atoms with Crippen LogP contribution in [0.4, 0.5) is 0 Å². The van der Waals surface area contributed by atoms with E-state index in [1.165, 1.54) is 6.92 Å². The smallest absolute Gasteiger partial charge is 0.240 e. The van der Waals surface area contributed by atoms with Gasteiger partial charge >= 0.3 is 0 Å². The van der Waals surface area contributed by atoms with Gasteiger partial charge in [-0.2, -0.15) is 0 Å². The molecule has 1 amide bonds. The molecule has 0 atom stereocenters. The molecular weight excluding hydrogens is 232 g/mol. The number of hydrogen-bond donors (Lipinski definition) is 1. The number of nitrogens with zero attached hydrogens (tertiary/aromatic N) is 3. The van der Waals surface area contributed by atoms with Gasteiger partial charge in [0.05, 0.1) is 19.2 Å². The van der Waals surface area contributed by atoms with Gasteiger partial charge in [0, 0.05) is 18.3 Å². The first-order valence-electron chi connectivity index (χ1n) is 5.67. The monoisotopic (exact) mass is 248 g/mol. The maximum atomic E-state index is 11.0. The van der Waals surface area contributed by atoms with Crippen LogP contribution in [0.3, 0.4) is 0 Å². The number of carbonyl (C=O) groups is 1. The maximum Gasteiger partial charge on any atom is 0.240 e. The molecule has 0 bridgehead atoms. The number of hydrogen-bond acceptors (Lipinski definition) is 4. The number of aryl methyl sites for hydroxylation is 2. The zero-order chi connectivity index (χ0) is 13.3. The molecule has 2 heterocycles. The van der Waals surface area contributed by atoms with Crippen LogP contribution in [0, 0.1) is 13.8 Å². The average molecular weight is 248 g/mol. The van der Waals surface area contributed by atoms with Crippen molar-refractivity contribution in [3.05, 3.63) is 23.0 Å². The van der Waals surface area contributed by atoms with Crippen LogP contribution in [-0.2, 0) is 11.3 Å². The Morgan fingerprint density at radius 2 is 2.22 bits per heavy atom. The molecule has 1 N–H and O–H groups in total. The van der Waals surface area contributed by atoms with Crippen LogP contribution in [-0.4, -0.2) is 27.6 Å². The van der Waals surface area contributed by atoms with E-state index < -0.39 is 0 Å². The number of nitrogens with one attached hydrogen (secondary N) is 1. The molecule has 0 aliphatic rings. The van der Waals surface area contributed by atoms with E-state index in [4.69, 9.17) is 4.74 Å². The largest absolute Gasteiger partial charge is 0.480 e. The van der Waals surface area contributed by atoms with Gasteiger partial charge in [0.2, 0.25) is 11.8 Å². The van der Waals surface area contributed by atoms with Gasteiger partial charge in [-0.05, 0) is 19.9 Å². The van der Waals surface area contributed by atoms with Crippen molar-refractivity contribution in [3.63, 3.8) is 0 Å². The molecule has 18 heavy (non-hydrogen) atoms. The third kappa shape index (κ3) is 2.13. The lowest BCUT2D eigenvalue weighted by Gasteiger charge is -2.03. The lowest BCUT2D eigenvalue weighted by Crippen LogP contribution is -2.19. The molecule has 2 aromatic heterocycles. The number of amides is 1. The molecule has 96 valence electrons. The molecule has 0 spiro atoms. The molecule has 2 rings (SSSR count). The van der Waals surface area contributed by atoms with Crippen LogP contribution in [0.5, 0.6) is 5.88 Å². The molecular formula is C12H16N4O2. The molecule has 6 nitrogen and oxygen atoms in total. The first-order chi connectivity index (χ1) is 8.52. The van der Waals surface area contributed by atoms with E-state index in [0.717, 1.165) is 22.6 Å². The van der Waals surface area contributed by atoms with Gasteiger partial charge in [-0.1, -0.05) is 0 Å². The summed E-state index contributed by atoms with van der Waals surface area (Å²) in [5.41, 5.74) is 3.40. The summed E-state index contributed by atoms with van der Waals surface area (Å²) in [6.07, 6.45) is 0. The third-order valence-electron chi connectivity index (χ3n) is 2.66. The highest BCUT2D eigenvalue weighted by Crippen LogP contribution is 2.22. The summed E-state index contributed by atoms with van der Waals surface area (Å²) < 4.78 is 6.96. The van der Waals surface area contributed by atoms with Crippen molar-refractivity contribution in [2.45, 2.75) is 27.3 Å². The van der Waals surface area contributed by atoms with Crippen molar-refractivity contribution in [3.8, 4) is 5.88 Å². The Morgan fingerprint density at radius 1 is 1.50 bits per heavy atom. The van der Waals surface area contributed by atoms with E-state index in [-0.39, 0.29) is 5.91 Å². The second-order valence-corrected chi connectivity index (χ2v) is 4.17. The standard InChI is InChI=1S/C12H16N4O2/c1-7-5-8(2)16-11(14-7)10(6-13-9(3)17)12(15-16)18-4/h5H,6H2,1-4H3,(H,13,17). The average Bonchev–Trinajstić information content (AvgIpc) is 2.64. The van der Waals surface area contributed by atoms with Crippen molar-refractivity contribution in [2.75, 3.05) is 7.11 Å². The SMILES string of the molecule is COc1nn2c(C)cc(C)nc2c1CNC(C)=O. The zero-order valence-corrected chi connectivity index (χ0v) is 10.9. The summed E-state index contributed by atoms with van der Waals surface area (Å²) in [4.78, 5) is 15.5. The van der Waals surface area contributed by atoms with Gasteiger partial charge < -0.3 is 10.1 Å². The van der Waals surface area contributed by atoms with Crippen LogP contribution in [0.15, 0.2) is 6.07 Å². The molecule has 0 unspecified atom stereocenters. The van der Waals surface area contributed by atoms with Crippen LogP contribution < -0.4 is 10.1 Å². The van der Waals surface area contributed by atoms with E-state index in [1.54, 1.807) is 11.6 Å². The normalized spacial score (nSPS) is 10.7. The molecule has 6 heteroatoms. The third-order valence-corrected chi connectivity index (χ3v) is 2.66. The quantitative estimate of drug-likeness (QED) is 0.879. The van der Waals surface area contributed by atoms with Gasteiger partial charge in [-0.15, -0.1) is 5.10 Å². The molecule has 0 radical (unpaired) electrons. The molecule has 2 aromatic rings. The number of rotatable bonds is 3. The summed E-state index contributed by atoms with van der Waals surface area (Å²) in [6, 6.07) is 1.95. The number of methoxy groups -OCH3 is 1. The zero-order valence-electron chi connectivity index (χ0n) is 10.9. The van der Waals surface area contributed by atoms with E-state index in [0.29, 0.717) is 12.4 Å². The molecule has 0 fully saturated rings. The Morgan fingerprint density at radius 3 is 2.83 bits per heavy atom. The minimum atomic E-state index is -0.0965. The van der Waals surface area contributed by atoms with Crippen LogP contribution in [0.25, 0.3) is 5.65 Å². The Hall–Kier alpha value is -2.11. The highest BCUT2D eigenvalue weighted by molar-refractivity contribution is 5.73. The fourth-order valence-electron chi connectivity index (χ4n) is 1.88. The summed E-state index contributed by atoms with van der Waals surface area (Å²) in [6.45, 7) is 5.71. The Kier molecular flexibility index (Phi) is 3.18. The maximum absolute atomic E-state index is 11.0. The predicted octanol–water partition coefficient (Wildman–Crippen LogP) is 0.991. The summed E-state index contributed by atoms with van der Waals surface area (Å²) in [7, 11) is 1.56. The molecule has 0 saturated carbocycles. The predicted molar refractivity (Wildman–Crippen MR) is 66.5 cm³/mol. The van der Waals surface area contributed by atoms with E-state index in [2.05, 4.69) is 15.4 Å². The summed E-state index contributed by atoms with van der Waals surface area (Å²) >= 11 is 0. The number of aromatic nitrogens is 3. The second-order valence-electron chi connectivity index (χ2n) is 4.17. The lowest BCUT2D eigenvalue weighted by atomic mass is 10.3. The van der Waals surface area contributed by atoms with E-state index >= 15 is 0 Å². The van der Waals surface area contributed by atoms with Crippen LogP contribution in [0.1, 0.15) is 23.9 Å². The van der Waals surface area contributed by atoms with Crippen LogP contribution in [0.2, 0.25) is 0 Å². The van der Waals surface area contributed by atoms with Gasteiger partial charge in [-0.25, -0.2) is 9.50 Å². The van der Waals surface area contributed by atoms with Gasteiger partial charge in [0.15, 0.2) is 5.65 Å². The first-order valence-corrected chi connectivity index (χ1v) is 5.67. The summed E-state index contributed by atoms with van der Waals surface area (Å²) in [5.74, 6) is 0.394. The molecule has 0 saturated heterocycles. The Balaban J connectivity index is 2.57.